The molecular formula is C20H23F3N7OS+. The summed E-state index contributed by atoms with van der Waals surface area (Å²) in [5.74, 6) is -0.146. The van der Waals surface area contributed by atoms with Crippen LogP contribution in [0.15, 0.2) is 6.07 Å². The summed E-state index contributed by atoms with van der Waals surface area (Å²) in [6.07, 6.45) is -1.71. The molecule has 1 saturated heterocycles. The molecular weight excluding hydrogens is 443 g/mol. The molecule has 3 N–H and O–H groups in total. The van der Waals surface area contributed by atoms with Gasteiger partial charge in [-0.3, -0.25) is 4.79 Å². The average Bonchev–Trinajstić information content (AvgIpc) is 3.43. The first-order valence-electron chi connectivity index (χ1n) is 10.6. The molecule has 2 atom stereocenters. The number of rotatable bonds is 4. The average molecular weight is 467 g/mol. The van der Waals surface area contributed by atoms with Gasteiger partial charge in [-0.05, 0) is 18.9 Å². The molecule has 170 valence electrons. The van der Waals surface area contributed by atoms with Crippen LogP contribution in [0.4, 0.5) is 19.1 Å². The van der Waals surface area contributed by atoms with Crippen molar-refractivity contribution >= 4 is 33.3 Å². The number of halogens is 3. The van der Waals surface area contributed by atoms with Crippen LogP contribution >= 0.6 is 11.3 Å². The summed E-state index contributed by atoms with van der Waals surface area (Å²) in [7, 11) is 0. The fourth-order valence-electron chi connectivity index (χ4n) is 4.50. The molecule has 0 saturated carbocycles. The van der Waals surface area contributed by atoms with E-state index in [-0.39, 0.29) is 24.8 Å². The Morgan fingerprint density at radius 2 is 2.19 bits per heavy atom. The van der Waals surface area contributed by atoms with E-state index in [1.165, 1.54) is 9.44 Å². The van der Waals surface area contributed by atoms with Gasteiger partial charge in [0.15, 0.2) is 5.78 Å². The zero-order valence-corrected chi connectivity index (χ0v) is 18.3. The normalized spacial score (nSPS) is 21.5. The Morgan fingerprint density at radius 3 is 2.88 bits per heavy atom. The SMILES string of the molecule is CCCc1cc2c(C3CC[n+]4c(C(F)(F)F)n[nH]c4C3)nc(N3CC(=O)C(N)C3)nc2s1. The van der Waals surface area contributed by atoms with E-state index in [2.05, 4.69) is 23.2 Å². The Labute approximate surface area is 185 Å². The van der Waals surface area contributed by atoms with E-state index in [4.69, 9.17) is 15.7 Å². The van der Waals surface area contributed by atoms with E-state index < -0.39 is 18.0 Å². The van der Waals surface area contributed by atoms with Gasteiger partial charge in [0.05, 0.1) is 24.8 Å². The van der Waals surface area contributed by atoms with Crippen molar-refractivity contribution in [2.75, 3.05) is 18.0 Å². The number of nitrogens with two attached hydrogens (primary N) is 1. The highest BCUT2D eigenvalue weighted by Crippen LogP contribution is 2.36. The van der Waals surface area contributed by atoms with Crippen LogP contribution in [0, 0.1) is 0 Å². The van der Waals surface area contributed by atoms with Gasteiger partial charge >= 0.3 is 12.0 Å². The molecule has 1 fully saturated rings. The van der Waals surface area contributed by atoms with Crippen LogP contribution in [0.1, 0.15) is 47.9 Å². The molecule has 2 aliphatic heterocycles. The molecule has 0 bridgehead atoms. The predicted molar refractivity (Wildman–Crippen MR) is 111 cm³/mol. The van der Waals surface area contributed by atoms with Gasteiger partial charge in [0.25, 0.3) is 0 Å². The van der Waals surface area contributed by atoms with Crippen molar-refractivity contribution in [2.24, 2.45) is 5.73 Å². The van der Waals surface area contributed by atoms with Gasteiger partial charge in [-0.1, -0.05) is 13.3 Å². The van der Waals surface area contributed by atoms with Gasteiger partial charge in [-0.25, -0.2) is 14.5 Å². The summed E-state index contributed by atoms with van der Waals surface area (Å²) in [4.78, 5) is 25.3. The minimum atomic E-state index is -4.50. The van der Waals surface area contributed by atoms with E-state index >= 15 is 0 Å². The van der Waals surface area contributed by atoms with Crippen LogP contribution in [-0.4, -0.2) is 45.1 Å². The zero-order chi connectivity index (χ0) is 22.6. The number of anilines is 1. The summed E-state index contributed by atoms with van der Waals surface area (Å²) in [6, 6.07) is 1.54. The molecule has 2 unspecified atom stereocenters. The molecule has 0 radical (unpaired) electrons. The molecule has 12 heteroatoms. The number of nitrogens with one attached hydrogen (secondary N) is 1. The summed E-state index contributed by atoms with van der Waals surface area (Å²) in [5.41, 5.74) is 6.69. The Bertz CT molecular complexity index is 1190. The minimum absolute atomic E-state index is 0.0519. The molecule has 5 rings (SSSR count). The number of carbonyl (C=O) groups excluding carboxylic acids is 1. The lowest BCUT2D eigenvalue weighted by molar-refractivity contribution is -0.727. The van der Waals surface area contributed by atoms with Crippen LogP contribution in [0.5, 0.6) is 0 Å². The number of aryl methyl sites for hydroxylation is 1. The van der Waals surface area contributed by atoms with Gasteiger partial charge in [-0.2, -0.15) is 13.2 Å². The maximum atomic E-state index is 13.2. The molecule has 3 aromatic heterocycles. The topological polar surface area (TPSA) is 105 Å². The van der Waals surface area contributed by atoms with E-state index in [0.29, 0.717) is 31.2 Å². The number of carbonyl (C=O) groups is 1. The van der Waals surface area contributed by atoms with Crippen molar-refractivity contribution in [3.05, 3.63) is 28.3 Å². The van der Waals surface area contributed by atoms with Crippen molar-refractivity contribution in [2.45, 2.75) is 57.3 Å². The number of Topliss-reactive ketones (excluding diaryl/α,β-unsaturated/α-hetero) is 1. The van der Waals surface area contributed by atoms with Crippen molar-refractivity contribution in [1.29, 1.82) is 0 Å². The van der Waals surface area contributed by atoms with E-state index in [9.17, 15) is 18.0 Å². The highest BCUT2D eigenvalue weighted by atomic mass is 32.1. The van der Waals surface area contributed by atoms with Crippen molar-refractivity contribution in [3.63, 3.8) is 0 Å². The van der Waals surface area contributed by atoms with E-state index in [0.717, 1.165) is 28.8 Å². The first kappa shape index (κ1) is 21.3. The van der Waals surface area contributed by atoms with Gasteiger partial charge in [0.2, 0.25) is 11.8 Å². The predicted octanol–water partition coefficient (Wildman–Crippen LogP) is 2.12. The Kier molecular flexibility index (Phi) is 5.16. The third-order valence-corrected chi connectivity index (χ3v) is 7.16. The lowest BCUT2D eigenvalue weighted by Gasteiger charge is -2.22. The minimum Gasteiger partial charge on any atom is -0.331 e. The number of aromatic nitrogens is 5. The summed E-state index contributed by atoms with van der Waals surface area (Å²) in [6.45, 7) is 2.83. The van der Waals surface area contributed by atoms with Gasteiger partial charge in [-0.15, -0.1) is 16.4 Å². The second-order valence-electron chi connectivity index (χ2n) is 8.38. The summed E-state index contributed by atoms with van der Waals surface area (Å²) >= 11 is 1.60. The molecule has 0 amide bonds. The van der Waals surface area contributed by atoms with Crippen molar-refractivity contribution in [1.82, 2.24) is 20.2 Å². The molecule has 32 heavy (non-hydrogen) atoms. The number of aromatic amines is 1. The maximum absolute atomic E-state index is 13.2. The van der Waals surface area contributed by atoms with Gasteiger partial charge < -0.3 is 10.6 Å². The molecule has 0 spiro atoms. The third kappa shape index (κ3) is 3.64. The largest absolute Gasteiger partial charge is 0.485 e. The third-order valence-electron chi connectivity index (χ3n) is 6.07. The summed E-state index contributed by atoms with van der Waals surface area (Å²) in [5, 5.41) is 7.01. The first-order chi connectivity index (χ1) is 15.2. The number of alkyl halides is 3. The lowest BCUT2D eigenvalue weighted by atomic mass is 9.92. The standard InChI is InChI=1S/C20H22F3N7OS/c1-2-3-11-7-12-16(10-4-5-30-15(6-10)27-28-18(30)20(21,22)23)25-19(26-17(12)32-11)29-8-13(24)14(31)9-29/h7,10,13H,2-6,8-9,24H2,1H3/p+1. The monoisotopic (exact) mass is 466 g/mol. The van der Waals surface area contributed by atoms with Crippen LogP contribution in [-0.2, 0) is 30.4 Å². The number of nitrogens with zero attached hydrogens (tertiary/aromatic N) is 5. The number of thiophene rings is 1. The number of fused-ring (bicyclic) bond motifs is 2. The quantitative estimate of drug-likeness (QED) is 0.571. The fourth-order valence-corrected chi connectivity index (χ4v) is 5.63. The lowest BCUT2D eigenvalue weighted by Crippen LogP contribution is -2.47. The maximum Gasteiger partial charge on any atom is 0.485 e. The van der Waals surface area contributed by atoms with Crippen LogP contribution < -0.4 is 15.2 Å². The second kappa shape index (κ2) is 7.77. The molecule has 2 aliphatic rings. The fraction of sp³-hybridized carbons (Fsp3) is 0.550. The second-order valence-corrected chi connectivity index (χ2v) is 9.49. The van der Waals surface area contributed by atoms with Crippen molar-refractivity contribution < 1.29 is 22.5 Å². The smallest absolute Gasteiger partial charge is 0.331 e. The van der Waals surface area contributed by atoms with Crippen LogP contribution in [0.3, 0.4) is 0 Å². The van der Waals surface area contributed by atoms with Gasteiger partial charge in [0, 0.05) is 34.2 Å². The van der Waals surface area contributed by atoms with Crippen LogP contribution in [0.2, 0.25) is 0 Å². The number of H-pyrrole nitrogens is 1. The number of hydrogen-bond acceptors (Lipinski definition) is 7. The molecule has 5 heterocycles. The Balaban J connectivity index is 1.55. The molecule has 3 aromatic rings. The van der Waals surface area contributed by atoms with Crippen molar-refractivity contribution in [3.8, 4) is 0 Å². The Morgan fingerprint density at radius 1 is 1.38 bits per heavy atom. The molecule has 8 nitrogen and oxygen atoms in total. The summed E-state index contributed by atoms with van der Waals surface area (Å²) < 4.78 is 40.9. The van der Waals surface area contributed by atoms with Gasteiger partial charge in [0.1, 0.15) is 4.83 Å². The Hall–Kier alpha value is -2.60. The first-order valence-corrected chi connectivity index (χ1v) is 11.4. The van der Waals surface area contributed by atoms with Crippen LogP contribution in [0.25, 0.3) is 10.2 Å². The van der Waals surface area contributed by atoms with E-state index in [1.54, 1.807) is 16.2 Å². The number of ketones is 1. The zero-order valence-electron chi connectivity index (χ0n) is 17.4. The van der Waals surface area contributed by atoms with E-state index in [1.807, 2.05) is 0 Å². The highest BCUT2D eigenvalue weighted by Gasteiger charge is 2.46. The molecule has 0 aromatic carbocycles. The highest BCUT2D eigenvalue weighted by molar-refractivity contribution is 7.18. The number of hydrogen-bond donors (Lipinski definition) is 2. The molecule has 0 aliphatic carbocycles.